The normalized spacial score (nSPS) is 15.7. The van der Waals surface area contributed by atoms with Gasteiger partial charge in [-0.3, -0.25) is 4.79 Å². The number of ether oxygens (including phenoxy) is 1. The molecule has 162 valence electrons. The number of benzene rings is 2. The van der Waals surface area contributed by atoms with E-state index in [2.05, 4.69) is 5.32 Å². The molecule has 1 aliphatic rings. The van der Waals surface area contributed by atoms with Crippen molar-refractivity contribution in [2.24, 2.45) is 0 Å². The van der Waals surface area contributed by atoms with Crippen LogP contribution in [0.1, 0.15) is 11.1 Å². The van der Waals surface area contributed by atoms with E-state index in [1.54, 1.807) is 0 Å². The third kappa shape index (κ3) is 5.31. The van der Waals surface area contributed by atoms with Gasteiger partial charge in [-0.05, 0) is 29.8 Å². The Morgan fingerprint density at radius 3 is 2.50 bits per heavy atom. The highest BCUT2D eigenvalue weighted by Gasteiger charge is 2.31. The van der Waals surface area contributed by atoms with Gasteiger partial charge in [0.25, 0.3) is 0 Å². The molecule has 6 nitrogen and oxygen atoms in total. The van der Waals surface area contributed by atoms with Gasteiger partial charge in [0.15, 0.2) is 0 Å². The van der Waals surface area contributed by atoms with Crippen LogP contribution in [0.5, 0.6) is 0 Å². The Labute approximate surface area is 176 Å². The van der Waals surface area contributed by atoms with Gasteiger partial charge < -0.3 is 10.1 Å². The van der Waals surface area contributed by atoms with Crippen molar-refractivity contribution in [2.75, 3.05) is 31.6 Å². The first-order valence-corrected chi connectivity index (χ1v) is 10.7. The summed E-state index contributed by atoms with van der Waals surface area (Å²) in [6, 6.07) is 8.45. The highest BCUT2D eigenvalue weighted by Crippen LogP contribution is 2.30. The molecule has 3 rings (SSSR count). The smallest absolute Gasteiger partial charge is 0.379 e. The van der Waals surface area contributed by atoms with Crippen LogP contribution in [0.4, 0.5) is 18.9 Å². The highest BCUT2D eigenvalue weighted by atomic mass is 35.5. The Morgan fingerprint density at radius 2 is 1.83 bits per heavy atom. The lowest BCUT2D eigenvalue weighted by molar-refractivity contribution is -0.137. The number of nitrogens with zero attached hydrogens (tertiary/aromatic N) is 1. The van der Waals surface area contributed by atoms with Crippen molar-refractivity contribution in [3.63, 3.8) is 0 Å². The second kappa shape index (κ2) is 8.93. The molecule has 1 fully saturated rings. The van der Waals surface area contributed by atoms with Crippen molar-refractivity contribution >= 4 is 33.2 Å². The zero-order chi connectivity index (χ0) is 21.9. The molecule has 0 atom stereocenters. The molecule has 0 unspecified atom stereocenters. The van der Waals surface area contributed by atoms with Crippen LogP contribution < -0.4 is 5.32 Å². The SMILES string of the molecule is O=C(Cc1cccc(C(F)(F)F)c1)Nc1ccc(Cl)c(S(=O)(=O)N2CCOCC2)c1. The number of rotatable bonds is 5. The van der Waals surface area contributed by atoms with Crippen molar-refractivity contribution in [1.82, 2.24) is 4.31 Å². The number of hydrogen-bond acceptors (Lipinski definition) is 4. The molecule has 0 aromatic heterocycles. The van der Waals surface area contributed by atoms with Crippen LogP contribution in [-0.2, 0) is 32.2 Å². The van der Waals surface area contributed by atoms with Gasteiger partial charge in [0.2, 0.25) is 15.9 Å². The fourth-order valence-corrected chi connectivity index (χ4v) is 4.86. The predicted octanol–water partition coefficient (Wildman–Crippen LogP) is 3.56. The Balaban J connectivity index is 1.76. The van der Waals surface area contributed by atoms with Gasteiger partial charge >= 0.3 is 6.18 Å². The monoisotopic (exact) mass is 462 g/mol. The van der Waals surface area contributed by atoms with E-state index in [1.165, 1.54) is 34.6 Å². The summed E-state index contributed by atoms with van der Waals surface area (Å²) in [4.78, 5) is 12.1. The summed E-state index contributed by atoms with van der Waals surface area (Å²) in [5.41, 5.74) is -0.501. The van der Waals surface area contributed by atoms with E-state index in [0.29, 0.717) is 0 Å². The molecule has 0 spiro atoms. The molecule has 1 amide bonds. The Bertz CT molecular complexity index is 1040. The molecular weight excluding hydrogens is 445 g/mol. The minimum absolute atomic E-state index is 0.00244. The largest absolute Gasteiger partial charge is 0.416 e. The van der Waals surface area contributed by atoms with E-state index in [1.807, 2.05) is 0 Å². The Morgan fingerprint density at radius 1 is 1.13 bits per heavy atom. The van der Waals surface area contributed by atoms with Crippen molar-refractivity contribution in [3.05, 3.63) is 58.6 Å². The van der Waals surface area contributed by atoms with E-state index in [0.717, 1.165) is 12.1 Å². The van der Waals surface area contributed by atoms with E-state index in [-0.39, 0.29) is 53.9 Å². The van der Waals surface area contributed by atoms with Crippen LogP contribution >= 0.6 is 11.6 Å². The third-order valence-electron chi connectivity index (χ3n) is 4.42. The standard InChI is InChI=1S/C19H18ClF3N2O4S/c20-16-5-4-15(12-17(16)30(27,28)25-6-8-29-9-7-25)24-18(26)11-13-2-1-3-14(10-13)19(21,22)23/h1-5,10,12H,6-9,11H2,(H,24,26). The number of sulfonamides is 1. The van der Waals surface area contributed by atoms with Gasteiger partial charge in [0.05, 0.1) is 30.2 Å². The molecule has 0 aliphatic carbocycles. The third-order valence-corrected chi connectivity index (χ3v) is 6.80. The summed E-state index contributed by atoms with van der Waals surface area (Å²) in [5.74, 6) is -0.591. The number of carbonyl (C=O) groups excluding carboxylic acids is 1. The molecule has 0 bridgehead atoms. The molecule has 2 aromatic carbocycles. The summed E-state index contributed by atoms with van der Waals surface area (Å²) >= 11 is 6.07. The van der Waals surface area contributed by atoms with E-state index in [4.69, 9.17) is 16.3 Å². The number of halogens is 4. The van der Waals surface area contributed by atoms with Crippen molar-refractivity contribution in [1.29, 1.82) is 0 Å². The quantitative estimate of drug-likeness (QED) is 0.737. The molecule has 0 radical (unpaired) electrons. The maximum absolute atomic E-state index is 12.8. The molecule has 0 saturated carbocycles. The van der Waals surface area contributed by atoms with Gasteiger partial charge in [-0.1, -0.05) is 29.8 Å². The first kappa shape index (κ1) is 22.5. The molecule has 30 heavy (non-hydrogen) atoms. The fraction of sp³-hybridized carbons (Fsp3) is 0.316. The summed E-state index contributed by atoms with van der Waals surface area (Å²) in [5, 5.41) is 2.50. The zero-order valence-electron chi connectivity index (χ0n) is 15.6. The van der Waals surface area contributed by atoms with E-state index in [9.17, 15) is 26.4 Å². The second-order valence-electron chi connectivity index (χ2n) is 6.58. The number of morpholine rings is 1. The van der Waals surface area contributed by atoms with Crippen LogP contribution in [0.25, 0.3) is 0 Å². The molecular formula is C19H18ClF3N2O4S. The molecule has 11 heteroatoms. The minimum Gasteiger partial charge on any atom is -0.379 e. The highest BCUT2D eigenvalue weighted by molar-refractivity contribution is 7.89. The molecule has 1 heterocycles. The average molecular weight is 463 g/mol. The van der Waals surface area contributed by atoms with Gasteiger partial charge in [0, 0.05) is 18.8 Å². The van der Waals surface area contributed by atoms with E-state index < -0.39 is 27.7 Å². The number of carbonyl (C=O) groups is 1. The first-order chi connectivity index (χ1) is 14.1. The lowest BCUT2D eigenvalue weighted by Crippen LogP contribution is -2.40. The maximum atomic E-state index is 12.8. The molecule has 1 aliphatic heterocycles. The van der Waals surface area contributed by atoms with Crippen LogP contribution in [0.2, 0.25) is 5.02 Å². The van der Waals surface area contributed by atoms with Crippen LogP contribution in [0.3, 0.4) is 0 Å². The molecule has 2 aromatic rings. The zero-order valence-corrected chi connectivity index (χ0v) is 17.1. The number of nitrogens with one attached hydrogen (secondary N) is 1. The number of alkyl halides is 3. The van der Waals surface area contributed by atoms with Crippen molar-refractivity contribution in [3.8, 4) is 0 Å². The van der Waals surface area contributed by atoms with Crippen molar-refractivity contribution in [2.45, 2.75) is 17.5 Å². The lowest BCUT2D eigenvalue weighted by Gasteiger charge is -2.26. The number of hydrogen-bond donors (Lipinski definition) is 1. The number of anilines is 1. The summed E-state index contributed by atoms with van der Waals surface area (Å²) in [6.07, 6.45) is -4.82. The Hall–Kier alpha value is -2.14. The molecule has 1 N–H and O–H groups in total. The van der Waals surface area contributed by atoms with Crippen LogP contribution in [0, 0.1) is 0 Å². The van der Waals surface area contributed by atoms with Crippen LogP contribution in [0.15, 0.2) is 47.4 Å². The second-order valence-corrected chi connectivity index (χ2v) is 8.90. The summed E-state index contributed by atoms with van der Waals surface area (Å²) in [7, 11) is -3.89. The molecule has 1 saturated heterocycles. The fourth-order valence-electron chi connectivity index (χ4n) is 2.95. The Kier molecular flexibility index (Phi) is 6.71. The number of amides is 1. The van der Waals surface area contributed by atoms with Gasteiger partial charge in [-0.25, -0.2) is 8.42 Å². The van der Waals surface area contributed by atoms with Gasteiger partial charge in [-0.15, -0.1) is 0 Å². The van der Waals surface area contributed by atoms with Crippen LogP contribution in [-0.4, -0.2) is 44.9 Å². The summed E-state index contributed by atoms with van der Waals surface area (Å²) < 4.78 is 70.5. The predicted molar refractivity (Wildman–Crippen MR) is 105 cm³/mol. The van der Waals surface area contributed by atoms with Gasteiger partial charge in [-0.2, -0.15) is 17.5 Å². The van der Waals surface area contributed by atoms with Crippen molar-refractivity contribution < 1.29 is 31.1 Å². The lowest BCUT2D eigenvalue weighted by atomic mass is 10.1. The van der Waals surface area contributed by atoms with E-state index >= 15 is 0 Å². The maximum Gasteiger partial charge on any atom is 0.416 e. The first-order valence-electron chi connectivity index (χ1n) is 8.91. The topological polar surface area (TPSA) is 75.7 Å². The summed E-state index contributed by atoms with van der Waals surface area (Å²) in [6.45, 7) is 0.907. The minimum atomic E-state index is -4.51. The average Bonchev–Trinajstić information content (AvgIpc) is 2.69. The van der Waals surface area contributed by atoms with Gasteiger partial charge in [0.1, 0.15) is 4.90 Å².